The van der Waals surface area contributed by atoms with Gasteiger partial charge in [0.15, 0.2) is 0 Å². The summed E-state index contributed by atoms with van der Waals surface area (Å²) >= 11 is 0. The minimum absolute atomic E-state index is 0.142. The summed E-state index contributed by atoms with van der Waals surface area (Å²) in [7, 11) is 0. The normalized spacial score (nSPS) is 14.8. The summed E-state index contributed by atoms with van der Waals surface area (Å²) in [6.45, 7) is 11.7. The summed E-state index contributed by atoms with van der Waals surface area (Å²) in [6.07, 6.45) is 3.78. The van der Waals surface area contributed by atoms with Crippen molar-refractivity contribution in [3.63, 3.8) is 0 Å². The standard InChI is InChI=1S/C49H38N4/c1-29-23-44(51-47-50-21-22-52(29)47)32-16-19-35-38-28-42-37(27-43(38)49(4,5)41(35)26-32)34-18-15-31(25-40(34)48(42,2)3)30-17-20-46-39(24-30)36-13-9-10-14-45(36)53(46)33-11-7-6-8-12-33/h6-28H,1-5H3. The van der Waals surface area contributed by atoms with E-state index in [1.54, 1.807) is 0 Å². The molecule has 3 aromatic heterocycles. The molecule has 9 aromatic rings. The van der Waals surface area contributed by atoms with E-state index in [1.807, 2.05) is 16.8 Å². The molecule has 4 nitrogen and oxygen atoms in total. The molecule has 0 atom stereocenters. The van der Waals surface area contributed by atoms with Crippen LogP contribution in [0.5, 0.6) is 0 Å². The third-order valence-corrected chi connectivity index (χ3v) is 12.4. The molecule has 0 spiro atoms. The molecule has 0 amide bonds. The van der Waals surface area contributed by atoms with Crippen molar-refractivity contribution >= 4 is 27.6 Å². The van der Waals surface area contributed by atoms with Crippen LogP contribution < -0.4 is 0 Å². The van der Waals surface area contributed by atoms with Crippen molar-refractivity contribution in [2.24, 2.45) is 0 Å². The third kappa shape index (κ3) is 4.12. The van der Waals surface area contributed by atoms with Gasteiger partial charge in [0.2, 0.25) is 5.78 Å². The average Bonchev–Trinajstić information content (AvgIpc) is 3.90. The molecule has 0 saturated carbocycles. The molecule has 0 N–H and O–H groups in total. The van der Waals surface area contributed by atoms with E-state index in [-0.39, 0.29) is 10.8 Å². The molecule has 4 heteroatoms. The van der Waals surface area contributed by atoms with Crippen LogP contribution in [0.25, 0.3) is 77.9 Å². The van der Waals surface area contributed by atoms with Crippen molar-refractivity contribution < 1.29 is 0 Å². The van der Waals surface area contributed by atoms with Gasteiger partial charge in [-0.3, -0.25) is 4.40 Å². The van der Waals surface area contributed by atoms with Crippen LogP contribution in [-0.2, 0) is 10.8 Å². The highest BCUT2D eigenvalue weighted by Crippen LogP contribution is 2.57. The van der Waals surface area contributed by atoms with Gasteiger partial charge in [-0.15, -0.1) is 0 Å². The zero-order valence-electron chi connectivity index (χ0n) is 30.6. The van der Waals surface area contributed by atoms with Gasteiger partial charge in [-0.25, -0.2) is 9.97 Å². The third-order valence-electron chi connectivity index (χ3n) is 12.4. The second-order valence-corrected chi connectivity index (χ2v) is 16.0. The number of fused-ring (bicyclic) bond motifs is 10. The maximum Gasteiger partial charge on any atom is 0.234 e. The fraction of sp³-hybridized carbons (Fsp3) is 0.143. The minimum Gasteiger partial charge on any atom is -0.309 e. The van der Waals surface area contributed by atoms with Crippen molar-refractivity contribution in [3.8, 4) is 50.3 Å². The quantitative estimate of drug-likeness (QED) is 0.186. The Hall–Kier alpha value is -6.26. The molecule has 0 bridgehead atoms. The molecule has 6 aromatic carbocycles. The smallest absolute Gasteiger partial charge is 0.234 e. The average molecular weight is 683 g/mol. The van der Waals surface area contributed by atoms with Crippen LogP contribution in [0.15, 0.2) is 140 Å². The first-order valence-electron chi connectivity index (χ1n) is 18.6. The number of imidazole rings is 1. The largest absolute Gasteiger partial charge is 0.309 e. The maximum atomic E-state index is 4.90. The number of aryl methyl sites for hydroxylation is 1. The zero-order chi connectivity index (χ0) is 35.8. The molecule has 0 fully saturated rings. The Morgan fingerprint density at radius 1 is 0.509 bits per heavy atom. The van der Waals surface area contributed by atoms with Crippen LogP contribution >= 0.6 is 0 Å². The van der Waals surface area contributed by atoms with Crippen molar-refractivity contribution in [2.45, 2.75) is 45.4 Å². The lowest BCUT2D eigenvalue weighted by molar-refractivity contribution is 0.652. The number of benzene rings is 6. The van der Waals surface area contributed by atoms with Crippen molar-refractivity contribution in [1.29, 1.82) is 0 Å². The highest BCUT2D eigenvalue weighted by atomic mass is 15.1. The first-order valence-corrected chi connectivity index (χ1v) is 18.6. The number of hydrogen-bond acceptors (Lipinski definition) is 2. The summed E-state index contributed by atoms with van der Waals surface area (Å²) in [4.78, 5) is 9.38. The molecule has 3 heterocycles. The molecular formula is C49H38N4. The Morgan fingerprint density at radius 3 is 1.83 bits per heavy atom. The van der Waals surface area contributed by atoms with Crippen LogP contribution in [-0.4, -0.2) is 18.9 Å². The highest BCUT2D eigenvalue weighted by Gasteiger charge is 2.42. The van der Waals surface area contributed by atoms with Crippen LogP contribution in [0, 0.1) is 6.92 Å². The fourth-order valence-electron chi connectivity index (χ4n) is 9.52. The van der Waals surface area contributed by atoms with Gasteiger partial charge in [-0.05, 0) is 123 Å². The predicted octanol–water partition coefficient (Wildman–Crippen LogP) is 12.1. The summed E-state index contributed by atoms with van der Waals surface area (Å²) in [5.41, 5.74) is 20.0. The van der Waals surface area contributed by atoms with E-state index in [9.17, 15) is 0 Å². The van der Waals surface area contributed by atoms with Gasteiger partial charge in [0.25, 0.3) is 0 Å². The number of para-hydroxylation sites is 2. The lowest BCUT2D eigenvalue weighted by atomic mass is 9.79. The molecular weight excluding hydrogens is 645 g/mol. The van der Waals surface area contributed by atoms with E-state index in [1.165, 1.54) is 83.1 Å². The zero-order valence-corrected chi connectivity index (χ0v) is 30.6. The van der Waals surface area contributed by atoms with Gasteiger partial charge >= 0.3 is 0 Å². The van der Waals surface area contributed by atoms with Gasteiger partial charge in [0.05, 0.1) is 16.7 Å². The molecule has 11 rings (SSSR count). The summed E-state index contributed by atoms with van der Waals surface area (Å²) < 4.78 is 4.42. The monoisotopic (exact) mass is 682 g/mol. The topological polar surface area (TPSA) is 35.1 Å². The molecule has 0 saturated heterocycles. The van der Waals surface area contributed by atoms with Crippen molar-refractivity contribution in [2.75, 3.05) is 0 Å². The van der Waals surface area contributed by atoms with E-state index in [0.717, 1.165) is 22.7 Å². The second kappa shape index (κ2) is 10.4. The van der Waals surface area contributed by atoms with E-state index in [2.05, 4.69) is 172 Å². The van der Waals surface area contributed by atoms with Crippen LogP contribution in [0.3, 0.4) is 0 Å². The number of rotatable bonds is 3. The Morgan fingerprint density at radius 2 is 1.09 bits per heavy atom. The van der Waals surface area contributed by atoms with Crippen LogP contribution in [0.2, 0.25) is 0 Å². The molecule has 0 radical (unpaired) electrons. The maximum absolute atomic E-state index is 4.90. The summed E-state index contributed by atoms with van der Waals surface area (Å²) in [6, 6.07) is 47.7. The van der Waals surface area contributed by atoms with Crippen LogP contribution in [0.4, 0.5) is 0 Å². The Kier molecular flexibility index (Phi) is 5.97. The lowest BCUT2D eigenvalue weighted by Gasteiger charge is -2.24. The molecule has 53 heavy (non-hydrogen) atoms. The van der Waals surface area contributed by atoms with Gasteiger partial charge in [-0.2, -0.15) is 0 Å². The van der Waals surface area contributed by atoms with Gasteiger partial charge in [0.1, 0.15) is 0 Å². The van der Waals surface area contributed by atoms with Crippen LogP contribution in [0.1, 0.15) is 55.6 Å². The highest BCUT2D eigenvalue weighted by molar-refractivity contribution is 6.10. The predicted molar refractivity (Wildman–Crippen MR) is 218 cm³/mol. The van der Waals surface area contributed by atoms with Crippen molar-refractivity contribution in [3.05, 3.63) is 168 Å². The fourth-order valence-corrected chi connectivity index (χ4v) is 9.52. The van der Waals surface area contributed by atoms with Gasteiger partial charge < -0.3 is 4.57 Å². The van der Waals surface area contributed by atoms with E-state index < -0.39 is 0 Å². The van der Waals surface area contributed by atoms with E-state index in [0.29, 0.717) is 0 Å². The molecule has 0 aliphatic heterocycles. The van der Waals surface area contributed by atoms with Gasteiger partial charge in [-0.1, -0.05) is 94.4 Å². The number of aromatic nitrogens is 4. The molecule has 2 aliphatic rings. The minimum atomic E-state index is -0.149. The number of hydrogen-bond donors (Lipinski definition) is 0. The summed E-state index contributed by atoms with van der Waals surface area (Å²) in [5, 5.41) is 2.55. The molecule has 0 unspecified atom stereocenters. The van der Waals surface area contributed by atoms with E-state index >= 15 is 0 Å². The first kappa shape index (κ1) is 30.4. The molecule has 2 aliphatic carbocycles. The SMILES string of the molecule is Cc1cc(-c2ccc3c(c2)C(C)(C)c2cc4c(cc2-3)C(C)(C)c2cc(-c3ccc5c(c3)c3ccccc3n5-c3ccccc3)ccc2-4)nc2nccn12. The lowest BCUT2D eigenvalue weighted by Crippen LogP contribution is -2.17. The Bertz CT molecular complexity index is 3010. The van der Waals surface area contributed by atoms with Crippen molar-refractivity contribution in [1.82, 2.24) is 18.9 Å². The number of nitrogens with zero attached hydrogens (tertiary/aromatic N) is 4. The second-order valence-electron chi connectivity index (χ2n) is 16.0. The summed E-state index contributed by atoms with van der Waals surface area (Å²) in [5.74, 6) is 0.736. The Balaban J connectivity index is 1.00. The molecule has 254 valence electrons. The Labute approximate surface area is 309 Å². The van der Waals surface area contributed by atoms with Gasteiger partial charge in [0, 0.05) is 50.9 Å². The first-order chi connectivity index (χ1) is 25.7. The van der Waals surface area contributed by atoms with E-state index in [4.69, 9.17) is 4.98 Å².